The number of benzene rings is 2. The van der Waals surface area contributed by atoms with Crippen molar-refractivity contribution in [1.82, 2.24) is 5.16 Å². The highest BCUT2D eigenvalue weighted by atomic mass is 35.5. The number of aliphatic imine (C=N–C) groups is 1. The molecular formula is C20H17Cl2FN2O3. The van der Waals surface area contributed by atoms with Crippen LogP contribution in [-0.2, 0) is 11.3 Å². The van der Waals surface area contributed by atoms with Gasteiger partial charge in [-0.25, -0.2) is 9.18 Å². The molecule has 0 aliphatic rings. The number of carbonyl (C=O) groups excluding carboxylic acids is 1. The first-order valence-corrected chi connectivity index (χ1v) is 8.83. The van der Waals surface area contributed by atoms with E-state index in [9.17, 15) is 9.18 Å². The molecule has 5 nitrogen and oxygen atoms in total. The van der Waals surface area contributed by atoms with Gasteiger partial charge < -0.3 is 9.26 Å². The van der Waals surface area contributed by atoms with Crippen LogP contribution in [0, 0.1) is 19.7 Å². The van der Waals surface area contributed by atoms with Gasteiger partial charge in [0.25, 0.3) is 0 Å². The Balaban J connectivity index is 0.000000261. The zero-order chi connectivity index (χ0) is 20.7. The molecule has 0 bridgehead atoms. The minimum atomic E-state index is -0.805. The molecule has 1 heterocycles. The Hall–Kier alpha value is -2.70. The molecule has 0 fully saturated rings. The lowest BCUT2D eigenvalue weighted by Crippen LogP contribution is -2.08. The number of hydrogen-bond acceptors (Lipinski definition) is 5. The number of ether oxygens (including phenoxy) is 1. The second kappa shape index (κ2) is 10.0. The first-order chi connectivity index (χ1) is 13.3. The maximum Gasteiger partial charge on any atom is 0.343 e. The highest BCUT2D eigenvalue weighted by molar-refractivity contribution is 6.35. The van der Waals surface area contributed by atoms with E-state index < -0.39 is 11.8 Å². The molecule has 0 unspecified atom stereocenters. The van der Waals surface area contributed by atoms with Crippen molar-refractivity contribution < 1.29 is 18.4 Å². The van der Waals surface area contributed by atoms with E-state index in [1.807, 2.05) is 25.1 Å². The fraction of sp³-hybridized carbons (Fsp3) is 0.150. The molecule has 146 valence electrons. The molecule has 0 saturated heterocycles. The summed E-state index contributed by atoms with van der Waals surface area (Å²) in [5.74, 6) is -0.957. The monoisotopic (exact) mass is 422 g/mol. The summed E-state index contributed by atoms with van der Waals surface area (Å²) in [6.07, 6.45) is 1.44. The average molecular weight is 423 g/mol. The van der Waals surface area contributed by atoms with Crippen molar-refractivity contribution in [2.75, 3.05) is 0 Å². The van der Waals surface area contributed by atoms with Gasteiger partial charge in [-0.05, 0) is 50.4 Å². The Kier molecular flexibility index (Phi) is 7.72. The van der Waals surface area contributed by atoms with Crippen molar-refractivity contribution in [3.05, 3.63) is 80.9 Å². The molecule has 3 aromatic rings. The van der Waals surface area contributed by atoms with E-state index in [-0.39, 0.29) is 17.9 Å². The Bertz CT molecular complexity index is 969. The van der Waals surface area contributed by atoms with Crippen molar-refractivity contribution in [1.29, 1.82) is 0 Å². The van der Waals surface area contributed by atoms with Crippen molar-refractivity contribution in [3.8, 4) is 0 Å². The summed E-state index contributed by atoms with van der Waals surface area (Å²) in [4.78, 5) is 15.4. The Morgan fingerprint density at radius 2 is 1.86 bits per heavy atom. The van der Waals surface area contributed by atoms with Crippen molar-refractivity contribution in [3.63, 3.8) is 0 Å². The molecule has 0 atom stereocenters. The van der Waals surface area contributed by atoms with Gasteiger partial charge in [0.05, 0.1) is 17.4 Å². The number of carbonyl (C=O) groups is 1. The lowest BCUT2D eigenvalue weighted by Gasteiger charge is -2.07. The summed E-state index contributed by atoms with van der Waals surface area (Å²) in [5, 5.41) is 5.00. The predicted molar refractivity (Wildman–Crippen MR) is 107 cm³/mol. The molecule has 0 amide bonds. The van der Waals surface area contributed by atoms with Crippen LogP contribution in [0.5, 0.6) is 0 Å². The number of nitrogens with zero attached hydrogens (tertiary/aromatic N) is 2. The highest BCUT2D eigenvalue weighted by Gasteiger charge is 2.18. The van der Waals surface area contributed by atoms with Gasteiger partial charge in [-0.3, -0.25) is 4.99 Å². The van der Waals surface area contributed by atoms with Gasteiger partial charge in [-0.1, -0.05) is 40.5 Å². The van der Waals surface area contributed by atoms with Crippen LogP contribution in [0.25, 0.3) is 0 Å². The molecule has 1 aromatic heterocycles. The van der Waals surface area contributed by atoms with E-state index in [1.54, 1.807) is 6.92 Å². The van der Waals surface area contributed by atoms with Crippen molar-refractivity contribution in [2.45, 2.75) is 20.5 Å². The molecule has 0 saturated carbocycles. The van der Waals surface area contributed by atoms with E-state index in [4.69, 9.17) is 32.5 Å². The number of rotatable bonds is 4. The van der Waals surface area contributed by atoms with E-state index in [0.29, 0.717) is 11.3 Å². The second-order valence-electron chi connectivity index (χ2n) is 5.62. The maximum atomic E-state index is 13.6. The maximum absolute atomic E-state index is 13.6. The van der Waals surface area contributed by atoms with Crippen LogP contribution < -0.4 is 0 Å². The normalized spacial score (nSPS) is 10.0. The number of esters is 1. The molecule has 3 rings (SSSR count). The first-order valence-electron chi connectivity index (χ1n) is 8.08. The zero-order valence-corrected chi connectivity index (χ0v) is 16.7. The van der Waals surface area contributed by atoms with E-state index in [1.165, 1.54) is 18.3 Å². The molecule has 0 spiro atoms. The Morgan fingerprint density at radius 1 is 1.21 bits per heavy atom. The van der Waals surface area contributed by atoms with Gasteiger partial charge in [-0.2, -0.15) is 0 Å². The van der Waals surface area contributed by atoms with Crippen LogP contribution >= 0.6 is 23.2 Å². The van der Waals surface area contributed by atoms with Gasteiger partial charge in [0.1, 0.15) is 23.7 Å². The fourth-order valence-corrected chi connectivity index (χ4v) is 2.50. The molecule has 8 heteroatoms. The summed E-state index contributed by atoms with van der Waals surface area (Å²) >= 11 is 11.5. The molecule has 2 aromatic carbocycles. The number of aromatic nitrogens is 1. The van der Waals surface area contributed by atoms with Gasteiger partial charge >= 0.3 is 5.97 Å². The van der Waals surface area contributed by atoms with Gasteiger partial charge in [-0.15, -0.1) is 0 Å². The third kappa shape index (κ3) is 5.41. The topological polar surface area (TPSA) is 64.7 Å². The fourth-order valence-electron chi connectivity index (χ4n) is 2.10. The smallest absolute Gasteiger partial charge is 0.343 e. The third-order valence-electron chi connectivity index (χ3n) is 3.78. The van der Waals surface area contributed by atoms with E-state index in [2.05, 4.69) is 16.9 Å². The lowest BCUT2D eigenvalue weighted by molar-refractivity contribution is 0.0467. The van der Waals surface area contributed by atoms with Gasteiger partial charge in [0.15, 0.2) is 0 Å². The van der Waals surface area contributed by atoms with E-state index >= 15 is 0 Å². The van der Waals surface area contributed by atoms with Crippen LogP contribution in [0.4, 0.5) is 10.1 Å². The molecule has 0 aliphatic heterocycles. The highest BCUT2D eigenvalue weighted by Crippen LogP contribution is 2.23. The van der Waals surface area contributed by atoms with E-state index in [0.717, 1.165) is 21.7 Å². The minimum Gasteiger partial charge on any atom is -0.457 e. The SMILES string of the molecule is C=Nc1cccc(F)c1C(=O)OCc1cnoc1C.Cc1c(Cl)cccc1Cl. The molecular weight excluding hydrogens is 406 g/mol. The van der Waals surface area contributed by atoms with Crippen LogP contribution in [-0.4, -0.2) is 17.8 Å². The zero-order valence-electron chi connectivity index (χ0n) is 15.2. The molecule has 0 N–H and O–H groups in total. The summed E-state index contributed by atoms with van der Waals surface area (Å²) in [6, 6.07) is 9.57. The summed E-state index contributed by atoms with van der Waals surface area (Å²) in [7, 11) is 0. The number of hydrogen-bond donors (Lipinski definition) is 0. The van der Waals surface area contributed by atoms with Crippen LogP contribution in [0.1, 0.15) is 27.2 Å². The van der Waals surface area contributed by atoms with Crippen molar-refractivity contribution in [2.24, 2.45) is 4.99 Å². The second-order valence-corrected chi connectivity index (χ2v) is 6.44. The predicted octanol–water partition coefficient (Wildman–Crippen LogP) is 6.11. The van der Waals surface area contributed by atoms with Gasteiger partial charge in [0, 0.05) is 10.0 Å². The summed E-state index contributed by atoms with van der Waals surface area (Å²) < 4.78 is 23.5. The average Bonchev–Trinajstić information content (AvgIpc) is 3.09. The third-order valence-corrected chi connectivity index (χ3v) is 4.60. The minimum absolute atomic E-state index is 0.0426. The molecule has 28 heavy (non-hydrogen) atoms. The lowest BCUT2D eigenvalue weighted by atomic mass is 10.1. The molecule has 0 aliphatic carbocycles. The van der Waals surface area contributed by atoms with Crippen LogP contribution in [0.3, 0.4) is 0 Å². The van der Waals surface area contributed by atoms with Crippen molar-refractivity contribution >= 4 is 41.6 Å². The Morgan fingerprint density at radius 3 is 2.39 bits per heavy atom. The first kappa shape index (κ1) is 21.6. The molecule has 0 radical (unpaired) electrons. The van der Waals surface area contributed by atoms with Crippen LogP contribution in [0.15, 0.2) is 52.1 Å². The summed E-state index contributed by atoms with van der Waals surface area (Å²) in [6.45, 7) is 6.83. The largest absolute Gasteiger partial charge is 0.457 e. The summed E-state index contributed by atoms with van der Waals surface area (Å²) in [5.41, 5.74) is 1.48. The van der Waals surface area contributed by atoms with Crippen LogP contribution in [0.2, 0.25) is 10.0 Å². The van der Waals surface area contributed by atoms with Gasteiger partial charge in [0.2, 0.25) is 0 Å². The Labute approximate surface area is 171 Å². The number of aryl methyl sites for hydroxylation is 1. The quantitative estimate of drug-likeness (QED) is 0.375. The standard InChI is InChI=1S/C13H11FN2O3.C7H6Cl2/c1-8-9(6-16-19-8)7-18-13(17)12-10(14)4-3-5-11(12)15-2;1-5-6(8)3-2-4-7(5)9/h3-6H,2,7H2,1H3;2-4H,1H3. The number of halogens is 3.